The van der Waals surface area contributed by atoms with E-state index in [1.54, 1.807) is 0 Å². The average molecular weight is 340 g/mol. The molecule has 1 aromatic heterocycles. The number of para-hydroxylation sites is 2. The fourth-order valence-electron chi connectivity index (χ4n) is 3.76. The highest BCUT2D eigenvalue weighted by atomic mass is 15.1. The third-order valence-electron chi connectivity index (χ3n) is 5.17. The van der Waals surface area contributed by atoms with Gasteiger partial charge in [-0.25, -0.2) is 0 Å². The maximum Gasteiger partial charge on any atom is 0.0813 e. The van der Waals surface area contributed by atoms with E-state index in [1.165, 1.54) is 33.3 Å². The first-order chi connectivity index (χ1) is 12.6. The van der Waals surface area contributed by atoms with Crippen molar-refractivity contribution in [2.45, 2.75) is 13.0 Å². The molecule has 3 aromatic carbocycles. The Balaban J connectivity index is 1.91. The van der Waals surface area contributed by atoms with E-state index in [4.69, 9.17) is 0 Å². The van der Waals surface area contributed by atoms with Gasteiger partial charge in [-0.05, 0) is 30.7 Å². The van der Waals surface area contributed by atoms with E-state index in [1.807, 2.05) is 0 Å². The van der Waals surface area contributed by atoms with Gasteiger partial charge in [-0.2, -0.15) is 0 Å². The first kappa shape index (κ1) is 16.5. The predicted octanol–water partition coefficient (Wildman–Crippen LogP) is 5.71. The summed E-state index contributed by atoms with van der Waals surface area (Å²) in [5, 5.41) is 1.31. The summed E-state index contributed by atoms with van der Waals surface area (Å²) in [6, 6.07) is 28.3. The van der Waals surface area contributed by atoms with Crippen LogP contribution in [0.25, 0.3) is 10.9 Å². The number of rotatable bonds is 4. The molecule has 26 heavy (non-hydrogen) atoms. The number of anilines is 1. The van der Waals surface area contributed by atoms with Crippen LogP contribution in [0.5, 0.6) is 0 Å². The van der Waals surface area contributed by atoms with E-state index >= 15 is 0 Å². The molecule has 1 unspecified atom stereocenters. The number of nitrogens with zero attached hydrogens (tertiary/aromatic N) is 2. The smallest absolute Gasteiger partial charge is 0.0813 e. The van der Waals surface area contributed by atoms with E-state index < -0.39 is 0 Å². The number of hydrogen-bond acceptors (Lipinski definition) is 1. The zero-order chi connectivity index (χ0) is 18.1. The molecular formula is C24H24N2. The fourth-order valence-corrected chi connectivity index (χ4v) is 3.76. The Morgan fingerprint density at radius 1 is 0.808 bits per heavy atom. The van der Waals surface area contributed by atoms with Crippen molar-refractivity contribution in [1.29, 1.82) is 0 Å². The molecule has 1 atom stereocenters. The second-order valence-corrected chi connectivity index (χ2v) is 6.97. The minimum absolute atomic E-state index is 0.157. The van der Waals surface area contributed by atoms with Gasteiger partial charge in [-0.1, -0.05) is 66.2 Å². The SMILES string of the molecule is Cc1ccc(C(c2cn(C)c3ccccc23)N(C)c2ccccc2)cc1. The summed E-state index contributed by atoms with van der Waals surface area (Å²) in [6.07, 6.45) is 2.27. The first-order valence-corrected chi connectivity index (χ1v) is 9.03. The van der Waals surface area contributed by atoms with E-state index in [2.05, 4.69) is 116 Å². The van der Waals surface area contributed by atoms with E-state index in [-0.39, 0.29) is 6.04 Å². The van der Waals surface area contributed by atoms with Gasteiger partial charge in [-0.3, -0.25) is 0 Å². The van der Waals surface area contributed by atoms with Crippen molar-refractivity contribution >= 4 is 16.6 Å². The molecule has 0 aliphatic rings. The summed E-state index contributed by atoms with van der Waals surface area (Å²) < 4.78 is 2.23. The fraction of sp³-hybridized carbons (Fsp3) is 0.167. The molecule has 0 fully saturated rings. The van der Waals surface area contributed by atoms with Gasteiger partial charge < -0.3 is 9.47 Å². The lowest BCUT2D eigenvalue weighted by Crippen LogP contribution is -2.25. The van der Waals surface area contributed by atoms with Crippen LogP contribution in [0.3, 0.4) is 0 Å². The van der Waals surface area contributed by atoms with Gasteiger partial charge in [0, 0.05) is 42.4 Å². The maximum atomic E-state index is 2.37. The molecule has 0 aliphatic carbocycles. The summed E-state index contributed by atoms with van der Waals surface area (Å²) in [7, 11) is 4.31. The summed E-state index contributed by atoms with van der Waals surface area (Å²) in [4.78, 5) is 2.37. The largest absolute Gasteiger partial charge is 0.363 e. The number of benzene rings is 3. The van der Waals surface area contributed by atoms with Crippen LogP contribution in [-0.2, 0) is 7.05 Å². The number of fused-ring (bicyclic) bond motifs is 1. The van der Waals surface area contributed by atoms with Crippen LogP contribution in [0.2, 0.25) is 0 Å². The van der Waals surface area contributed by atoms with Crippen LogP contribution >= 0.6 is 0 Å². The molecule has 130 valence electrons. The van der Waals surface area contributed by atoms with Crippen LogP contribution in [0, 0.1) is 6.92 Å². The standard InChI is InChI=1S/C24H24N2/c1-18-13-15-19(16-14-18)24(26(3)20-9-5-4-6-10-20)22-17-25(2)23-12-8-7-11-21(22)23/h4-17,24H,1-3H3. The van der Waals surface area contributed by atoms with Crippen LogP contribution in [0.15, 0.2) is 85.1 Å². The third kappa shape index (κ3) is 2.88. The average Bonchev–Trinajstić information content (AvgIpc) is 3.01. The predicted molar refractivity (Wildman–Crippen MR) is 111 cm³/mol. The van der Waals surface area contributed by atoms with Crippen LogP contribution in [0.1, 0.15) is 22.7 Å². The van der Waals surface area contributed by atoms with Crippen molar-refractivity contribution in [3.63, 3.8) is 0 Å². The second kappa shape index (κ2) is 6.72. The lowest BCUT2D eigenvalue weighted by Gasteiger charge is -2.31. The molecule has 0 spiro atoms. The van der Waals surface area contributed by atoms with Crippen molar-refractivity contribution in [2.24, 2.45) is 7.05 Å². The molecule has 0 N–H and O–H groups in total. The Bertz CT molecular complexity index is 1010. The summed E-state index contributed by atoms with van der Waals surface area (Å²) >= 11 is 0. The Kier molecular flexibility index (Phi) is 4.26. The Labute approximate surface area is 155 Å². The number of aromatic nitrogens is 1. The quantitative estimate of drug-likeness (QED) is 0.462. The molecule has 0 aliphatic heterocycles. The monoisotopic (exact) mass is 340 g/mol. The molecular weight excluding hydrogens is 316 g/mol. The van der Waals surface area contributed by atoms with Gasteiger partial charge in [0.1, 0.15) is 0 Å². The summed E-state index contributed by atoms with van der Waals surface area (Å²) in [5.41, 5.74) is 6.40. The Morgan fingerprint density at radius 3 is 2.19 bits per heavy atom. The van der Waals surface area contributed by atoms with Crippen LogP contribution in [0.4, 0.5) is 5.69 Å². The molecule has 4 aromatic rings. The number of hydrogen-bond donors (Lipinski definition) is 0. The Hall–Kier alpha value is -3.00. The highest BCUT2D eigenvalue weighted by molar-refractivity contribution is 5.85. The first-order valence-electron chi connectivity index (χ1n) is 9.03. The lowest BCUT2D eigenvalue weighted by molar-refractivity contribution is 0.782. The molecule has 0 bridgehead atoms. The normalized spacial score (nSPS) is 12.3. The Morgan fingerprint density at radius 2 is 1.46 bits per heavy atom. The zero-order valence-corrected chi connectivity index (χ0v) is 15.6. The van der Waals surface area contributed by atoms with E-state index in [0.717, 1.165) is 0 Å². The lowest BCUT2D eigenvalue weighted by atomic mass is 9.95. The van der Waals surface area contributed by atoms with Crippen molar-refractivity contribution in [3.05, 3.63) is 102 Å². The van der Waals surface area contributed by atoms with Crippen LogP contribution in [-0.4, -0.2) is 11.6 Å². The third-order valence-corrected chi connectivity index (χ3v) is 5.17. The highest BCUT2D eigenvalue weighted by Crippen LogP contribution is 2.36. The van der Waals surface area contributed by atoms with Crippen molar-refractivity contribution < 1.29 is 0 Å². The van der Waals surface area contributed by atoms with E-state index in [9.17, 15) is 0 Å². The second-order valence-electron chi connectivity index (χ2n) is 6.97. The van der Waals surface area contributed by atoms with Gasteiger partial charge in [0.05, 0.1) is 6.04 Å². The van der Waals surface area contributed by atoms with Gasteiger partial charge in [0.25, 0.3) is 0 Å². The molecule has 0 saturated heterocycles. The van der Waals surface area contributed by atoms with E-state index in [0.29, 0.717) is 0 Å². The van der Waals surface area contributed by atoms with Gasteiger partial charge >= 0.3 is 0 Å². The van der Waals surface area contributed by atoms with Crippen molar-refractivity contribution in [1.82, 2.24) is 4.57 Å². The van der Waals surface area contributed by atoms with Crippen LogP contribution < -0.4 is 4.90 Å². The van der Waals surface area contributed by atoms with Crippen molar-refractivity contribution in [3.8, 4) is 0 Å². The van der Waals surface area contributed by atoms with Gasteiger partial charge in [-0.15, -0.1) is 0 Å². The zero-order valence-electron chi connectivity index (χ0n) is 15.6. The minimum atomic E-state index is 0.157. The molecule has 1 heterocycles. The van der Waals surface area contributed by atoms with Gasteiger partial charge in [0.15, 0.2) is 0 Å². The molecule has 0 radical (unpaired) electrons. The highest BCUT2D eigenvalue weighted by Gasteiger charge is 2.23. The van der Waals surface area contributed by atoms with Gasteiger partial charge in [0.2, 0.25) is 0 Å². The number of aryl methyl sites for hydroxylation is 2. The molecule has 2 nitrogen and oxygen atoms in total. The topological polar surface area (TPSA) is 8.17 Å². The molecule has 0 amide bonds. The molecule has 2 heteroatoms. The summed E-state index contributed by atoms with van der Waals surface area (Å²) in [5.74, 6) is 0. The molecule has 0 saturated carbocycles. The summed E-state index contributed by atoms with van der Waals surface area (Å²) in [6.45, 7) is 2.14. The van der Waals surface area contributed by atoms with Crippen molar-refractivity contribution in [2.75, 3.05) is 11.9 Å². The minimum Gasteiger partial charge on any atom is -0.363 e. The molecule has 4 rings (SSSR count). The maximum absolute atomic E-state index is 2.37.